The van der Waals surface area contributed by atoms with Gasteiger partial charge in [-0.05, 0) is 18.2 Å². The van der Waals surface area contributed by atoms with Gasteiger partial charge in [0.05, 0.1) is 7.11 Å². The second-order valence-electron chi connectivity index (χ2n) is 7.98. The van der Waals surface area contributed by atoms with Crippen molar-refractivity contribution < 1.29 is 52.4 Å². The highest BCUT2D eigenvalue weighted by Crippen LogP contribution is 2.31. The zero-order valence-electron chi connectivity index (χ0n) is 20.8. The largest absolute Gasteiger partial charge is 0.496 e. The third-order valence-corrected chi connectivity index (χ3v) is 5.08. The molecule has 36 heavy (non-hydrogen) atoms. The fourth-order valence-electron chi connectivity index (χ4n) is 3.74. The van der Waals surface area contributed by atoms with Crippen molar-refractivity contribution in [3.63, 3.8) is 0 Å². The molecule has 1 aromatic rings. The van der Waals surface area contributed by atoms with Crippen LogP contribution in [0, 0.1) is 0 Å². The van der Waals surface area contributed by atoms with E-state index in [0.717, 1.165) is 20.8 Å². The molecule has 196 valence electrons. The second-order valence-corrected chi connectivity index (χ2v) is 7.98. The van der Waals surface area contributed by atoms with E-state index in [1.807, 2.05) is 0 Å². The number of hydrogen-bond donors (Lipinski definition) is 0. The monoisotopic (exact) mass is 506 g/mol. The number of allylic oxidation sites excluding steroid dienone is 1. The van der Waals surface area contributed by atoms with Crippen molar-refractivity contribution >= 4 is 35.7 Å². The van der Waals surface area contributed by atoms with Crippen LogP contribution in [-0.4, -0.2) is 73.9 Å². The maximum atomic E-state index is 12.8. The number of carbonyl (C=O) groups excluding carboxylic acids is 5. The van der Waals surface area contributed by atoms with Crippen molar-refractivity contribution in [2.75, 3.05) is 13.7 Å². The van der Waals surface area contributed by atoms with E-state index in [4.69, 9.17) is 28.4 Å². The van der Waals surface area contributed by atoms with E-state index < -0.39 is 60.2 Å². The molecule has 1 aromatic carbocycles. The normalized spacial score (nSPS) is 23.4. The van der Waals surface area contributed by atoms with Gasteiger partial charge in [-0.15, -0.1) is 0 Å². The van der Waals surface area contributed by atoms with Gasteiger partial charge in [-0.3, -0.25) is 24.0 Å². The molecule has 0 saturated carbocycles. The number of ether oxygens (including phenoxy) is 6. The molecule has 1 heterocycles. The lowest BCUT2D eigenvalue weighted by Crippen LogP contribution is -2.62. The Kier molecular flexibility index (Phi) is 10.6. The summed E-state index contributed by atoms with van der Waals surface area (Å²) in [5.41, 5.74) is 0.662. The van der Waals surface area contributed by atoms with E-state index >= 15 is 0 Å². The molecule has 0 aliphatic carbocycles. The fourth-order valence-corrected chi connectivity index (χ4v) is 3.74. The minimum absolute atomic E-state index is 0.287. The quantitative estimate of drug-likeness (QED) is 0.260. The molecule has 11 heteroatoms. The summed E-state index contributed by atoms with van der Waals surface area (Å²) in [6.45, 7) is 4.21. The van der Waals surface area contributed by atoms with Crippen LogP contribution in [0.15, 0.2) is 30.3 Å². The first-order valence-corrected chi connectivity index (χ1v) is 11.2. The van der Waals surface area contributed by atoms with E-state index in [-0.39, 0.29) is 13.0 Å². The number of rotatable bonds is 10. The van der Waals surface area contributed by atoms with Crippen LogP contribution in [0.2, 0.25) is 0 Å². The minimum Gasteiger partial charge on any atom is -0.496 e. The Morgan fingerprint density at radius 1 is 0.806 bits per heavy atom. The van der Waals surface area contributed by atoms with Crippen LogP contribution in [0.5, 0.6) is 5.75 Å². The standard InChI is InChI=1S/C25H30O11/c1-14(26)32-13-22-24(34-16(3)28)25(35-17(4)29)23(33-15(2)27)21(36-22)12-19(30)11-10-18-8-6-7-9-20(18)31-5/h6-11,21-25H,12-13H2,1-5H3/b11-10+/t21-,22+,23-,24+,25+/m0/s1. The molecule has 1 saturated heterocycles. The number of carbonyl (C=O) groups is 5. The van der Waals surface area contributed by atoms with Gasteiger partial charge < -0.3 is 28.4 Å². The topological polar surface area (TPSA) is 141 Å². The van der Waals surface area contributed by atoms with Crippen molar-refractivity contribution in [1.82, 2.24) is 0 Å². The number of esters is 4. The Hall–Kier alpha value is -3.73. The smallest absolute Gasteiger partial charge is 0.303 e. The first-order chi connectivity index (χ1) is 17.0. The average molecular weight is 507 g/mol. The summed E-state index contributed by atoms with van der Waals surface area (Å²) in [5.74, 6) is -2.68. The van der Waals surface area contributed by atoms with Gasteiger partial charge in [-0.1, -0.05) is 18.2 Å². The zero-order chi connectivity index (χ0) is 26.8. The van der Waals surface area contributed by atoms with Crippen LogP contribution in [0.25, 0.3) is 6.08 Å². The summed E-state index contributed by atoms with van der Waals surface area (Å²) < 4.78 is 32.3. The van der Waals surface area contributed by atoms with E-state index in [9.17, 15) is 24.0 Å². The summed E-state index contributed by atoms with van der Waals surface area (Å²) in [5, 5.41) is 0. The van der Waals surface area contributed by atoms with Gasteiger partial charge >= 0.3 is 23.9 Å². The number of ketones is 1. The number of para-hydroxylation sites is 1. The third-order valence-electron chi connectivity index (χ3n) is 5.08. The molecular weight excluding hydrogens is 476 g/mol. The Labute approximate surface area is 208 Å². The Morgan fingerprint density at radius 3 is 1.92 bits per heavy atom. The lowest BCUT2D eigenvalue weighted by molar-refractivity contribution is -0.252. The second kappa shape index (κ2) is 13.4. The summed E-state index contributed by atoms with van der Waals surface area (Å²) in [6, 6.07) is 7.07. The zero-order valence-corrected chi connectivity index (χ0v) is 20.8. The number of methoxy groups -OCH3 is 1. The van der Waals surface area contributed by atoms with Gasteiger partial charge in [0.1, 0.15) is 24.6 Å². The lowest BCUT2D eigenvalue weighted by atomic mass is 9.91. The van der Waals surface area contributed by atoms with Gasteiger partial charge in [-0.2, -0.15) is 0 Å². The molecular formula is C25H30O11. The van der Waals surface area contributed by atoms with Gasteiger partial charge in [0, 0.05) is 39.7 Å². The van der Waals surface area contributed by atoms with E-state index in [2.05, 4.69) is 0 Å². The van der Waals surface area contributed by atoms with E-state index in [0.29, 0.717) is 11.3 Å². The predicted molar refractivity (Wildman–Crippen MR) is 124 cm³/mol. The fraction of sp³-hybridized carbons (Fsp3) is 0.480. The minimum atomic E-state index is -1.32. The maximum Gasteiger partial charge on any atom is 0.303 e. The molecule has 5 atom stereocenters. The third kappa shape index (κ3) is 8.49. The van der Waals surface area contributed by atoms with Crippen molar-refractivity contribution in [3.05, 3.63) is 35.9 Å². The van der Waals surface area contributed by atoms with Crippen LogP contribution < -0.4 is 4.74 Å². The molecule has 11 nitrogen and oxygen atoms in total. The highest BCUT2D eigenvalue weighted by molar-refractivity contribution is 5.94. The van der Waals surface area contributed by atoms with Crippen LogP contribution in [0.4, 0.5) is 0 Å². The Bertz CT molecular complexity index is 999. The molecule has 1 fully saturated rings. The van der Waals surface area contributed by atoms with Gasteiger partial charge in [0.25, 0.3) is 0 Å². The SMILES string of the molecule is COc1ccccc1/C=C/C(=O)C[C@@H]1O[C@H](COC(C)=O)[C@@H](OC(C)=O)[C@H](OC(C)=O)[C@H]1OC(C)=O. The molecule has 0 N–H and O–H groups in total. The Balaban J connectivity index is 2.37. The molecule has 1 aliphatic rings. The van der Waals surface area contributed by atoms with Gasteiger partial charge in [0.2, 0.25) is 0 Å². The number of benzene rings is 1. The molecule has 0 spiro atoms. The van der Waals surface area contributed by atoms with Gasteiger partial charge in [0.15, 0.2) is 24.1 Å². The lowest BCUT2D eigenvalue weighted by Gasteiger charge is -2.44. The molecule has 0 bridgehead atoms. The maximum absolute atomic E-state index is 12.8. The molecule has 0 radical (unpaired) electrons. The summed E-state index contributed by atoms with van der Waals surface area (Å²) in [6.07, 6.45) is -3.51. The molecule has 0 unspecified atom stereocenters. The predicted octanol–water partition coefficient (Wildman–Crippen LogP) is 1.79. The van der Waals surface area contributed by atoms with E-state index in [1.165, 1.54) is 20.1 Å². The number of hydrogen-bond acceptors (Lipinski definition) is 11. The Morgan fingerprint density at radius 2 is 1.36 bits per heavy atom. The first-order valence-electron chi connectivity index (χ1n) is 11.2. The molecule has 0 amide bonds. The highest BCUT2D eigenvalue weighted by Gasteiger charge is 2.52. The highest BCUT2D eigenvalue weighted by atomic mass is 16.7. The van der Waals surface area contributed by atoms with Crippen molar-refractivity contribution in [2.24, 2.45) is 0 Å². The van der Waals surface area contributed by atoms with Crippen molar-refractivity contribution in [3.8, 4) is 5.75 Å². The van der Waals surface area contributed by atoms with Crippen LogP contribution >= 0.6 is 0 Å². The average Bonchev–Trinajstić information content (AvgIpc) is 2.79. The van der Waals surface area contributed by atoms with Crippen LogP contribution in [-0.2, 0) is 47.7 Å². The first kappa shape index (κ1) is 28.5. The van der Waals surface area contributed by atoms with Crippen molar-refractivity contribution in [2.45, 2.75) is 64.6 Å². The van der Waals surface area contributed by atoms with Crippen LogP contribution in [0.3, 0.4) is 0 Å². The van der Waals surface area contributed by atoms with Crippen LogP contribution in [0.1, 0.15) is 39.7 Å². The van der Waals surface area contributed by atoms with E-state index in [1.54, 1.807) is 30.3 Å². The molecule has 0 aromatic heterocycles. The summed E-state index contributed by atoms with van der Waals surface area (Å²) >= 11 is 0. The van der Waals surface area contributed by atoms with Crippen molar-refractivity contribution in [1.29, 1.82) is 0 Å². The molecule has 1 aliphatic heterocycles. The molecule has 2 rings (SSSR count). The summed E-state index contributed by atoms with van der Waals surface area (Å²) in [7, 11) is 1.51. The van der Waals surface area contributed by atoms with Gasteiger partial charge in [-0.25, -0.2) is 0 Å². The summed E-state index contributed by atoms with van der Waals surface area (Å²) in [4.78, 5) is 59.8.